The molecule has 0 saturated heterocycles. The number of carbonyl (C=O) groups is 2. The Morgan fingerprint density at radius 1 is 1.17 bits per heavy atom. The number of methoxy groups -OCH3 is 2. The van der Waals surface area contributed by atoms with E-state index >= 15 is 0 Å². The van der Waals surface area contributed by atoms with Crippen molar-refractivity contribution in [1.82, 2.24) is 5.32 Å². The molecule has 7 heteroatoms. The summed E-state index contributed by atoms with van der Waals surface area (Å²) in [4.78, 5) is 26.4. The largest absolute Gasteiger partial charge is 0.493 e. The summed E-state index contributed by atoms with van der Waals surface area (Å²) < 4.78 is 10.6. The van der Waals surface area contributed by atoms with E-state index in [1.54, 1.807) is 38.5 Å². The second-order valence-electron chi connectivity index (χ2n) is 6.67. The maximum Gasteiger partial charge on any atom is 0.262 e. The van der Waals surface area contributed by atoms with Crippen molar-refractivity contribution in [2.75, 3.05) is 19.5 Å². The third kappa shape index (κ3) is 4.74. The lowest BCUT2D eigenvalue weighted by atomic mass is 10.1. The second kappa shape index (κ2) is 9.05. The average molecular weight is 413 g/mol. The van der Waals surface area contributed by atoms with Crippen LogP contribution in [0.3, 0.4) is 0 Å². The first-order valence-electron chi connectivity index (χ1n) is 9.33. The van der Waals surface area contributed by atoms with Crippen LogP contribution in [0.15, 0.2) is 46.2 Å². The van der Waals surface area contributed by atoms with Crippen molar-refractivity contribution >= 4 is 35.3 Å². The van der Waals surface area contributed by atoms with Gasteiger partial charge in [-0.25, -0.2) is 0 Å². The molecule has 29 heavy (non-hydrogen) atoms. The highest BCUT2D eigenvalue weighted by Gasteiger charge is 2.22. The molecule has 2 aromatic carbocycles. The highest BCUT2D eigenvalue weighted by atomic mass is 32.2. The standard InChI is InChI=1S/C22H24N2O4S/c1-5-13(2)23-21(25)15-7-9-19-16(12-15)24-22(26)20(29-19)11-14-6-8-17(27-3)18(10-14)28-4/h6-13H,5H2,1-4H3,(H,23,25)(H,24,26)/b20-11+/t13-/m0/s1. The van der Waals surface area contributed by atoms with Gasteiger partial charge in [0.15, 0.2) is 11.5 Å². The lowest BCUT2D eigenvalue weighted by Crippen LogP contribution is -2.32. The van der Waals surface area contributed by atoms with Crippen molar-refractivity contribution in [1.29, 1.82) is 0 Å². The molecule has 152 valence electrons. The van der Waals surface area contributed by atoms with Crippen molar-refractivity contribution < 1.29 is 19.1 Å². The Morgan fingerprint density at radius 2 is 1.93 bits per heavy atom. The van der Waals surface area contributed by atoms with E-state index in [2.05, 4.69) is 10.6 Å². The number of fused-ring (bicyclic) bond motifs is 1. The second-order valence-corrected chi connectivity index (χ2v) is 7.76. The van der Waals surface area contributed by atoms with Gasteiger partial charge in [0.05, 0.1) is 24.8 Å². The lowest BCUT2D eigenvalue weighted by molar-refractivity contribution is -0.112. The summed E-state index contributed by atoms with van der Waals surface area (Å²) in [6.45, 7) is 3.97. The van der Waals surface area contributed by atoms with Gasteiger partial charge in [-0.3, -0.25) is 9.59 Å². The third-order valence-corrected chi connectivity index (χ3v) is 5.73. The number of ether oxygens (including phenoxy) is 2. The molecule has 0 bridgehead atoms. The maximum atomic E-state index is 12.6. The van der Waals surface area contributed by atoms with E-state index in [1.165, 1.54) is 11.8 Å². The van der Waals surface area contributed by atoms with Crippen LogP contribution in [-0.4, -0.2) is 32.1 Å². The molecule has 0 aliphatic carbocycles. The van der Waals surface area contributed by atoms with Gasteiger partial charge in [0.25, 0.3) is 11.8 Å². The van der Waals surface area contributed by atoms with Crippen LogP contribution >= 0.6 is 11.8 Å². The van der Waals surface area contributed by atoms with Crippen LogP contribution in [0.2, 0.25) is 0 Å². The van der Waals surface area contributed by atoms with Gasteiger partial charge in [0.2, 0.25) is 0 Å². The minimum Gasteiger partial charge on any atom is -0.493 e. The smallest absolute Gasteiger partial charge is 0.262 e. The first-order chi connectivity index (χ1) is 13.9. The number of hydrogen-bond acceptors (Lipinski definition) is 5. The van der Waals surface area contributed by atoms with E-state index in [-0.39, 0.29) is 17.9 Å². The fourth-order valence-corrected chi connectivity index (χ4v) is 3.74. The Kier molecular flexibility index (Phi) is 6.49. The lowest BCUT2D eigenvalue weighted by Gasteiger charge is -2.20. The zero-order chi connectivity index (χ0) is 21.0. The predicted molar refractivity (Wildman–Crippen MR) is 116 cm³/mol. The molecule has 2 amide bonds. The SMILES string of the molecule is CC[C@H](C)NC(=O)c1ccc2c(c1)NC(=O)/C(=C\c1ccc(OC)c(OC)c1)S2. The summed E-state index contributed by atoms with van der Waals surface area (Å²) in [6, 6.07) is 10.9. The van der Waals surface area contributed by atoms with Crippen molar-refractivity contribution in [2.45, 2.75) is 31.2 Å². The number of hydrogen-bond donors (Lipinski definition) is 2. The monoisotopic (exact) mass is 412 g/mol. The zero-order valence-electron chi connectivity index (χ0n) is 16.9. The van der Waals surface area contributed by atoms with Crippen LogP contribution < -0.4 is 20.1 Å². The summed E-state index contributed by atoms with van der Waals surface area (Å²) in [5, 5.41) is 5.81. The molecule has 0 saturated carbocycles. The van der Waals surface area contributed by atoms with Crippen molar-refractivity contribution in [2.24, 2.45) is 0 Å². The number of benzene rings is 2. The van der Waals surface area contributed by atoms with Gasteiger partial charge in [-0.05, 0) is 55.3 Å². The molecule has 1 heterocycles. The Hall–Kier alpha value is -2.93. The molecule has 0 fully saturated rings. The molecule has 2 N–H and O–H groups in total. The van der Waals surface area contributed by atoms with Gasteiger partial charge in [-0.15, -0.1) is 0 Å². The Balaban J connectivity index is 1.83. The summed E-state index contributed by atoms with van der Waals surface area (Å²) in [5.74, 6) is 0.870. The topological polar surface area (TPSA) is 76.7 Å². The number of rotatable bonds is 6. The molecular formula is C22H24N2O4S. The minimum absolute atomic E-state index is 0.0959. The zero-order valence-corrected chi connectivity index (χ0v) is 17.7. The van der Waals surface area contributed by atoms with Crippen LogP contribution in [0.1, 0.15) is 36.2 Å². The molecule has 2 aromatic rings. The first-order valence-corrected chi connectivity index (χ1v) is 10.1. The Morgan fingerprint density at radius 3 is 2.62 bits per heavy atom. The molecule has 0 spiro atoms. The highest BCUT2D eigenvalue weighted by molar-refractivity contribution is 8.04. The van der Waals surface area contributed by atoms with Crippen LogP contribution in [0.25, 0.3) is 6.08 Å². The van der Waals surface area contributed by atoms with E-state index in [1.807, 2.05) is 32.0 Å². The molecular weight excluding hydrogens is 388 g/mol. The van der Waals surface area contributed by atoms with Crippen LogP contribution in [0.4, 0.5) is 5.69 Å². The number of anilines is 1. The molecule has 3 rings (SSSR count). The third-order valence-electron chi connectivity index (χ3n) is 4.63. The molecule has 0 radical (unpaired) electrons. The number of amides is 2. The fourth-order valence-electron chi connectivity index (χ4n) is 2.80. The van der Waals surface area contributed by atoms with Crippen LogP contribution in [0.5, 0.6) is 11.5 Å². The van der Waals surface area contributed by atoms with Gasteiger partial charge >= 0.3 is 0 Å². The van der Waals surface area contributed by atoms with Crippen LogP contribution in [0, 0.1) is 0 Å². The van der Waals surface area contributed by atoms with E-state index in [0.717, 1.165) is 16.9 Å². The average Bonchev–Trinajstić information content (AvgIpc) is 2.73. The van der Waals surface area contributed by atoms with Crippen molar-refractivity contribution in [3.05, 3.63) is 52.4 Å². The van der Waals surface area contributed by atoms with Gasteiger partial charge < -0.3 is 20.1 Å². The molecule has 0 unspecified atom stereocenters. The first kappa shape index (κ1) is 20.8. The summed E-state index contributed by atoms with van der Waals surface area (Å²) in [7, 11) is 3.15. The summed E-state index contributed by atoms with van der Waals surface area (Å²) in [6.07, 6.45) is 2.65. The maximum absolute atomic E-state index is 12.6. The van der Waals surface area contributed by atoms with E-state index < -0.39 is 0 Å². The summed E-state index contributed by atoms with van der Waals surface area (Å²) >= 11 is 1.37. The van der Waals surface area contributed by atoms with Crippen LogP contribution in [-0.2, 0) is 4.79 Å². The van der Waals surface area contributed by atoms with Crippen molar-refractivity contribution in [3.8, 4) is 11.5 Å². The Bertz CT molecular complexity index is 971. The summed E-state index contributed by atoms with van der Waals surface area (Å²) in [5.41, 5.74) is 1.99. The normalized spacial score (nSPS) is 15.3. The van der Waals surface area contributed by atoms with E-state index in [9.17, 15) is 9.59 Å². The molecule has 0 aromatic heterocycles. The minimum atomic E-state index is -0.211. The fraction of sp³-hybridized carbons (Fsp3) is 0.273. The van der Waals surface area contributed by atoms with Gasteiger partial charge in [-0.1, -0.05) is 24.8 Å². The quantitative estimate of drug-likeness (QED) is 0.691. The van der Waals surface area contributed by atoms with Gasteiger partial charge in [-0.2, -0.15) is 0 Å². The Labute approximate surface area is 174 Å². The number of carbonyl (C=O) groups excluding carboxylic acids is 2. The molecule has 1 atom stereocenters. The van der Waals surface area contributed by atoms with Gasteiger partial charge in [0.1, 0.15) is 0 Å². The van der Waals surface area contributed by atoms with E-state index in [4.69, 9.17) is 9.47 Å². The highest BCUT2D eigenvalue weighted by Crippen LogP contribution is 2.40. The molecule has 6 nitrogen and oxygen atoms in total. The molecule has 1 aliphatic heterocycles. The molecule has 1 aliphatic rings. The van der Waals surface area contributed by atoms with E-state index in [0.29, 0.717) is 27.7 Å². The van der Waals surface area contributed by atoms with Crippen molar-refractivity contribution in [3.63, 3.8) is 0 Å². The number of nitrogens with one attached hydrogen (secondary N) is 2. The predicted octanol–water partition coefficient (Wildman–Crippen LogP) is 4.32. The number of thioether (sulfide) groups is 1. The van der Waals surface area contributed by atoms with Gasteiger partial charge in [0, 0.05) is 16.5 Å².